The van der Waals surface area contributed by atoms with Crippen molar-refractivity contribution in [2.45, 2.75) is 13.0 Å². The fourth-order valence-corrected chi connectivity index (χ4v) is 4.61. The molecule has 0 bridgehead atoms. The number of ether oxygens (including phenoxy) is 1. The van der Waals surface area contributed by atoms with Gasteiger partial charge >= 0.3 is 0 Å². The summed E-state index contributed by atoms with van der Waals surface area (Å²) in [6, 6.07) is 15.0. The Hall–Kier alpha value is -4.22. The van der Waals surface area contributed by atoms with Crippen LogP contribution in [0.5, 0.6) is 0 Å². The Bertz CT molecular complexity index is 1420. The maximum Gasteiger partial charge on any atom is 0.273 e. The Morgan fingerprint density at radius 1 is 1.14 bits per heavy atom. The minimum absolute atomic E-state index is 0.0188. The summed E-state index contributed by atoms with van der Waals surface area (Å²) in [5, 5.41) is 4.38. The van der Waals surface area contributed by atoms with E-state index < -0.39 is 23.8 Å². The van der Waals surface area contributed by atoms with Gasteiger partial charge in [-0.15, -0.1) is 0 Å². The average Bonchev–Trinajstić information content (AvgIpc) is 3.47. The number of nitrogens with zero attached hydrogens (tertiary/aromatic N) is 2. The molecule has 0 aliphatic rings. The maximum atomic E-state index is 14.1. The molecule has 3 amide bonds. The Balaban J connectivity index is 1.93. The number of nitrogen functional groups attached to an aromatic ring is 1. The van der Waals surface area contributed by atoms with E-state index in [-0.39, 0.29) is 35.2 Å². The number of amides is 3. The van der Waals surface area contributed by atoms with Gasteiger partial charge in [-0.1, -0.05) is 36.4 Å². The normalized spacial score (nSPS) is 11.8. The molecule has 186 valence electrons. The van der Waals surface area contributed by atoms with E-state index in [0.717, 1.165) is 22.3 Å². The molecule has 11 heteroatoms. The zero-order chi connectivity index (χ0) is 25.8. The molecule has 0 radical (unpaired) electrons. The van der Waals surface area contributed by atoms with Crippen molar-refractivity contribution in [1.29, 1.82) is 0 Å². The number of anilines is 2. The number of carbonyl (C=O) groups is 3. The molecular formula is C25H25N5O5S. The molecule has 0 aliphatic carbocycles. The highest BCUT2D eigenvalue weighted by atomic mass is 32.1. The fourth-order valence-electron chi connectivity index (χ4n) is 3.87. The second-order valence-electron chi connectivity index (χ2n) is 7.95. The van der Waals surface area contributed by atoms with E-state index in [2.05, 4.69) is 9.69 Å². The number of aromatic nitrogens is 1. The molecule has 0 saturated carbocycles. The lowest BCUT2D eigenvalue weighted by atomic mass is 10.0. The molecule has 0 spiro atoms. The smallest absolute Gasteiger partial charge is 0.273 e. The van der Waals surface area contributed by atoms with Gasteiger partial charge in [0.2, 0.25) is 0 Å². The van der Waals surface area contributed by atoms with Crippen LogP contribution in [0.1, 0.15) is 37.7 Å². The number of primary amides is 1. The van der Waals surface area contributed by atoms with Crippen molar-refractivity contribution in [2.24, 2.45) is 5.73 Å². The summed E-state index contributed by atoms with van der Waals surface area (Å²) in [6.07, 6.45) is 0. The molecular weight excluding hydrogens is 482 g/mol. The van der Waals surface area contributed by atoms with Gasteiger partial charge in [-0.05, 0) is 42.0 Å². The lowest BCUT2D eigenvalue weighted by Gasteiger charge is -2.30. The minimum Gasteiger partial charge on any atom is -0.464 e. The molecule has 4 rings (SSSR count). The second kappa shape index (κ2) is 10.6. The van der Waals surface area contributed by atoms with E-state index in [4.69, 9.17) is 20.6 Å². The van der Waals surface area contributed by atoms with Crippen LogP contribution >= 0.6 is 11.5 Å². The third-order valence-corrected chi connectivity index (χ3v) is 6.39. The Kier molecular flexibility index (Phi) is 7.32. The minimum atomic E-state index is -1.20. The molecule has 1 unspecified atom stereocenters. The van der Waals surface area contributed by atoms with Gasteiger partial charge in [0.05, 0.1) is 18.0 Å². The molecule has 10 nitrogen and oxygen atoms in total. The van der Waals surface area contributed by atoms with Crippen LogP contribution in [0.3, 0.4) is 0 Å². The van der Waals surface area contributed by atoms with Gasteiger partial charge in [-0.25, -0.2) is 0 Å². The maximum absolute atomic E-state index is 14.1. The predicted octanol–water partition coefficient (Wildman–Crippen LogP) is 3.03. The molecule has 0 aliphatic heterocycles. The third-order valence-electron chi connectivity index (χ3n) is 5.54. The van der Waals surface area contributed by atoms with Gasteiger partial charge in [0.15, 0.2) is 11.7 Å². The highest BCUT2D eigenvalue weighted by molar-refractivity contribution is 7.09. The van der Waals surface area contributed by atoms with Crippen LogP contribution in [-0.4, -0.2) is 42.4 Å². The summed E-state index contributed by atoms with van der Waals surface area (Å²) in [5.41, 5.74) is 11.6. The van der Waals surface area contributed by atoms with E-state index in [1.165, 1.54) is 12.0 Å². The van der Waals surface area contributed by atoms with E-state index >= 15 is 0 Å². The number of benzene rings is 2. The average molecular weight is 508 g/mol. The largest absolute Gasteiger partial charge is 0.464 e. The second-order valence-corrected chi connectivity index (χ2v) is 8.72. The number of fused-ring (bicyclic) bond motifs is 1. The highest BCUT2D eigenvalue weighted by Gasteiger charge is 2.38. The van der Waals surface area contributed by atoms with Gasteiger partial charge in [-0.2, -0.15) is 4.37 Å². The van der Waals surface area contributed by atoms with Crippen molar-refractivity contribution in [3.63, 3.8) is 0 Å². The number of furan rings is 1. The summed E-state index contributed by atoms with van der Waals surface area (Å²) in [6.45, 7) is 2.24. The molecule has 4 aromatic rings. The molecule has 0 saturated heterocycles. The van der Waals surface area contributed by atoms with Crippen molar-refractivity contribution in [1.82, 2.24) is 9.69 Å². The van der Waals surface area contributed by atoms with Crippen molar-refractivity contribution in [3.8, 4) is 0 Å². The summed E-state index contributed by atoms with van der Waals surface area (Å²) in [4.78, 5) is 40.7. The lowest BCUT2D eigenvalue weighted by Crippen LogP contribution is -2.44. The lowest BCUT2D eigenvalue weighted by molar-refractivity contribution is -0.123. The Labute approximate surface area is 211 Å². The van der Waals surface area contributed by atoms with E-state index in [0.29, 0.717) is 11.4 Å². The van der Waals surface area contributed by atoms with Gasteiger partial charge in [0.25, 0.3) is 17.7 Å². The monoisotopic (exact) mass is 507 g/mol. The topological polar surface area (TPSA) is 154 Å². The molecule has 2 aromatic carbocycles. The van der Waals surface area contributed by atoms with Crippen LogP contribution in [0.2, 0.25) is 0 Å². The van der Waals surface area contributed by atoms with Crippen LogP contribution in [0, 0.1) is 6.92 Å². The van der Waals surface area contributed by atoms with Crippen LogP contribution in [0.25, 0.3) is 10.8 Å². The van der Waals surface area contributed by atoms with Crippen molar-refractivity contribution in [3.05, 3.63) is 76.7 Å². The molecule has 1 atom stereocenters. The third kappa shape index (κ3) is 4.79. The number of aryl methyl sites for hydroxylation is 1. The standard InChI is InChI=1S/C25H25N5O5S/c1-14-10-11-18(35-14)21(24(32)28-12-13-34-2)30(17-9-5-7-15-6-3-4-8-16(15)17)25(33)22-19(26)20(23(27)31)29-36-22/h3-11,21H,12-13,26H2,1-2H3,(H2,27,31)(H,28,32). The number of nitrogens with one attached hydrogen (secondary N) is 1. The van der Waals surface area contributed by atoms with E-state index in [9.17, 15) is 14.4 Å². The molecule has 0 fully saturated rings. The zero-order valence-corrected chi connectivity index (χ0v) is 20.5. The van der Waals surface area contributed by atoms with Crippen molar-refractivity contribution < 1.29 is 23.5 Å². The Morgan fingerprint density at radius 3 is 2.56 bits per heavy atom. The fraction of sp³-hybridized carbons (Fsp3) is 0.200. The number of methoxy groups -OCH3 is 1. The first-order chi connectivity index (χ1) is 17.3. The first kappa shape index (κ1) is 24.9. The van der Waals surface area contributed by atoms with Crippen LogP contribution < -0.4 is 21.7 Å². The quantitative estimate of drug-likeness (QED) is 0.294. The van der Waals surface area contributed by atoms with Gasteiger partial charge in [-0.3, -0.25) is 19.3 Å². The SMILES string of the molecule is COCCNC(=O)C(c1ccc(C)o1)N(C(=O)c1snc(C(N)=O)c1N)c1cccc2ccccc12. The van der Waals surface area contributed by atoms with Crippen LogP contribution in [0.15, 0.2) is 59.0 Å². The molecule has 36 heavy (non-hydrogen) atoms. The number of carbonyl (C=O) groups excluding carboxylic acids is 3. The number of rotatable bonds is 9. The number of hydrogen-bond donors (Lipinski definition) is 3. The number of nitrogens with two attached hydrogens (primary N) is 2. The summed E-state index contributed by atoms with van der Waals surface area (Å²) in [7, 11) is 1.52. The van der Waals surface area contributed by atoms with Gasteiger partial charge < -0.3 is 25.9 Å². The van der Waals surface area contributed by atoms with Crippen molar-refractivity contribution >= 4 is 51.4 Å². The van der Waals surface area contributed by atoms with Crippen LogP contribution in [0.4, 0.5) is 11.4 Å². The Morgan fingerprint density at radius 2 is 1.89 bits per heavy atom. The van der Waals surface area contributed by atoms with Gasteiger partial charge in [0.1, 0.15) is 16.4 Å². The summed E-state index contributed by atoms with van der Waals surface area (Å²) in [5.74, 6) is -1.15. The molecule has 5 N–H and O–H groups in total. The van der Waals surface area contributed by atoms with Crippen LogP contribution in [-0.2, 0) is 9.53 Å². The van der Waals surface area contributed by atoms with E-state index in [1.807, 2.05) is 30.3 Å². The van der Waals surface area contributed by atoms with Crippen molar-refractivity contribution in [2.75, 3.05) is 30.9 Å². The first-order valence-corrected chi connectivity index (χ1v) is 11.8. The number of hydrogen-bond acceptors (Lipinski definition) is 8. The van der Waals surface area contributed by atoms with Gasteiger partial charge in [0, 0.05) is 19.0 Å². The summed E-state index contributed by atoms with van der Waals surface area (Å²) >= 11 is 0.743. The molecule has 2 aromatic heterocycles. The zero-order valence-electron chi connectivity index (χ0n) is 19.7. The van der Waals surface area contributed by atoms with E-state index in [1.54, 1.807) is 31.2 Å². The molecule has 2 heterocycles. The highest BCUT2D eigenvalue weighted by Crippen LogP contribution is 2.37. The predicted molar refractivity (Wildman–Crippen MR) is 137 cm³/mol. The summed E-state index contributed by atoms with van der Waals surface area (Å²) < 4.78 is 14.9. The first-order valence-electron chi connectivity index (χ1n) is 11.0.